The van der Waals surface area contributed by atoms with Gasteiger partial charge in [0.05, 0.1) is 12.3 Å². The molecule has 4 rings (SSSR count). The normalized spacial score (nSPS) is 14.6. The first kappa shape index (κ1) is 27.3. The summed E-state index contributed by atoms with van der Waals surface area (Å²) in [6, 6.07) is 11.0. The van der Waals surface area contributed by atoms with Crippen molar-refractivity contribution in [1.29, 1.82) is 0 Å². The molecule has 1 atom stereocenters. The van der Waals surface area contributed by atoms with E-state index in [-0.39, 0.29) is 34.9 Å². The average molecular weight is 529 g/mol. The Morgan fingerprint density at radius 3 is 2.53 bits per heavy atom. The third-order valence-corrected chi connectivity index (χ3v) is 7.08. The summed E-state index contributed by atoms with van der Waals surface area (Å²) < 4.78 is 53.7. The van der Waals surface area contributed by atoms with Crippen molar-refractivity contribution >= 4 is 17.6 Å². The van der Waals surface area contributed by atoms with Crippen molar-refractivity contribution in [3.63, 3.8) is 0 Å². The van der Waals surface area contributed by atoms with E-state index in [1.165, 1.54) is 24.4 Å². The molecule has 1 aliphatic rings. The Kier molecular flexibility index (Phi) is 8.14. The van der Waals surface area contributed by atoms with Gasteiger partial charge in [-0.15, -0.1) is 0 Å². The van der Waals surface area contributed by atoms with E-state index in [1.54, 1.807) is 18.2 Å². The number of nitrogens with one attached hydrogen (secondary N) is 1. The van der Waals surface area contributed by atoms with Crippen LogP contribution in [0.3, 0.4) is 0 Å². The molecule has 0 radical (unpaired) electrons. The Labute approximate surface area is 217 Å². The largest absolute Gasteiger partial charge is 0.481 e. The van der Waals surface area contributed by atoms with Gasteiger partial charge in [0.1, 0.15) is 5.82 Å². The van der Waals surface area contributed by atoms with Crippen LogP contribution in [0.25, 0.3) is 11.1 Å². The van der Waals surface area contributed by atoms with E-state index in [9.17, 15) is 22.8 Å². The fourth-order valence-electron chi connectivity index (χ4n) is 4.87. The number of rotatable bonds is 9. The number of anilines is 1. The summed E-state index contributed by atoms with van der Waals surface area (Å²) in [6.07, 6.45) is -0.213. The van der Waals surface area contributed by atoms with E-state index in [2.05, 4.69) is 10.3 Å². The van der Waals surface area contributed by atoms with Crippen LogP contribution >= 0.6 is 0 Å². The number of aryl methyl sites for hydroxylation is 1. The summed E-state index contributed by atoms with van der Waals surface area (Å²) >= 11 is 0. The zero-order chi connectivity index (χ0) is 27.4. The van der Waals surface area contributed by atoms with E-state index in [0.29, 0.717) is 17.7 Å². The molecule has 0 aliphatic heterocycles. The van der Waals surface area contributed by atoms with E-state index in [0.717, 1.165) is 36.6 Å². The number of carbonyl (C=O) groups excluding carboxylic acids is 1. The minimum atomic E-state index is -4.40. The maximum atomic E-state index is 15.3. The molecule has 200 valence electrons. The molecule has 0 bridgehead atoms. The van der Waals surface area contributed by atoms with Gasteiger partial charge in [0, 0.05) is 35.6 Å². The Morgan fingerprint density at radius 2 is 1.89 bits per heavy atom. The Bertz CT molecular complexity index is 1340. The van der Waals surface area contributed by atoms with Crippen molar-refractivity contribution in [1.82, 2.24) is 4.98 Å². The monoisotopic (exact) mass is 528 g/mol. The SMILES string of the molecule is Cc1c(CCC(=O)O)cccc1NC(=O)C(c1ccc(-c2cncc(CC(F)(F)F)c2)c(F)c1)C1CCC1. The van der Waals surface area contributed by atoms with Crippen LogP contribution in [0.1, 0.15) is 53.9 Å². The molecule has 1 amide bonds. The number of aromatic nitrogens is 1. The molecule has 1 aromatic heterocycles. The lowest BCUT2D eigenvalue weighted by molar-refractivity contribution is -0.137. The first-order valence-corrected chi connectivity index (χ1v) is 12.4. The second-order valence-electron chi connectivity index (χ2n) is 9.75. The average Bonchev–Trinajstić information content (AvgIpc) is 2.80. The number of nitrogens with zero attached hydrogens (tertiary/aromatic N) is 1. The highest BCUT2D eigenvalue weighted by atomic mass is 19.4. The molecular weight excluding hydrogens is 500 g/mol. The smallest absolute Gasteiger partial charge is 0.393 e. The Hall–Kier alpha value is -3.75. The number of hydrogen-bond donors (Lipinski definition) is 2. The highest BCUT2D eigenvalue weighted by molar-refractivity contribution is 5.97. The topological polar surface area (TPSA) is 79.3 Å². The van der Waals surface area contributed by atoms with Crippen molar-refractivity contribution in [2.75, 3.05) is 5.32 Å². The summed E-state index contributed by atoms with van der Waals surface area (Å²) in [5.41, 5.74) is 2.95. The molecule has 9 heteroatoms. The molecule has 38 heavy (non-hydrogen) atoms. The van der Waals surface area contributed by atoms with Crippen molar-refractivity contribution in [2.45, 2.75) is 57.5 Å². The molecule has 1 fully saturated rings. The fraction of sp³-hybridized carbons (Fsp3) is 0.345. The van der Waals surface area contributed by atoms with Crippen LogP contribution in [0.4, 0.5) is 23.2 Å². The summed E-state index contributed by atoms with van der Waals surface area (Å²) in [6.45, 7) is 1.82. The van der Waals surface area contributed by atoms with Gasteiger partial charge in [-0.3, -0.25) is 14.6 Å². The summed E-state index contributed by atoms with van der Waals surface area (Å²) in [5.74, 6) is -2.40. The second kappa shape index (κ2) is 11.3. The van der Waals surface area contributed by atoms with Crippen LogP contribution in [0.2, 0.25) is 0 Å². The molecule has 0 saturated heterocycles. The number of hydrogen-bond acceptors (Lipinski definition) is 3. The lowest BCUT2D eigenvalue weighted by Crippen LogP contribution is -2.31. The fourth-order valence-corrected chi connectivity index (χ4v) is 4.87. The van der Waals surface area contributed by atoms with Crippen molar-refractivity contribution < 1.29 is 32.3 Å². The number of halogens is 4. The lowest BCUT2D eigenvalue weighted by Gasteiger charge is -2.33. The van der Waals surface area contributed by atoms with Gasteiger partial charge in [0.15, 0.2) is 0 Å². The van der Waals surface area contributed by atoms with Gasteiger partial charge < -0.3 is 10.4 Å². The number of carboxylic acids is 1. The number of benzene rings is 2. The van der Waals surface area contributed by atoms with Gasteiger partial charge in [-0.2, -0.15) is 13.2 Å². The van der Waals surface area contributed by atoms with Gasteiger partial charge >= 0.3 is 12.1 Å². The molecule has 1 heterocycles. The summed E-state index contributed by atoms with van der Waals surface area (Å²) in [4.78, 5) is 28.3. The van der Waals surface area contributed by atoms with E-state index in [1.807, 2.05) is 13.0 Å². The van der Waals surface area contributed by atoms with Crippen LogP contribution in [-0.4, -0.2) is 28.1 Å². The number of carbonyl (C=O) groups is 2. The van der Waals surface area contributed by atoms with Gasteiger partial charge in [-0.05, 0) is 72.6 Å². The molecule has 1 aliphatic carbocycles. The van der Waals surface area contributed by atoms with E-state index < -0.39 is 30.3 Å². The van der Waals surface area contributed by atoms with Crippen LogP contribution in [0, 0.1) is 18.7 Å². The van der Waals surface area contributed by atoms with Gasteiger partial charge in [-0.25, -0.2) is 4.39 Å². The molecule has 0 spiro atoms. The molecule has 3 aromatic rings. The van der Waals surface area contributed by atoms with Crippen molar-refractivity contribution in [2.24, 2.45) is 5.92 Å². The second-order valence-corrected chi connectivity index (χ2v) is 9.75. The molecule has 2 aromatic carbocycles. The zero-order valence-corrected chi connectivity index (χ0v) is 20.8. The number of carboxylic acid groups (broad SMARTS) is 1. The third kappa shape index (κ3) is 6.57. The van der Waals surface area contributed by atoms with Crippen molar-refractivity contribution in [3.05, 3.63) is 82.9 Å². The van der Waals surface area contributed by atoms with Gasteiger partial charge in [0.25, 0.3) is 0 Å². The quantitative estimate of drug-likeness (QED) is 0.298. The van der Waals surface area contributed by atoms with E-state index >= 15 is 4.39 Å². The standard InChI is InChI=1S/C29H28F4N2O3/c1-17-19(9-11-26(36)37)4-3-7-25(17)35-28(38)27(20-5-2-6-20)21-8-10-23(24(30)13-21)22-12-18(15-34-16-22)14-29(31,32)33/h3-4,7-8,10,12-13,15-16,20,27H,2,5-6,9,11,14H2,1H3,(H,35,38)(H,36,37). The van der Waals surface area contributed by atoms with Gasteiger partial charge in [0.2, 0.25) is 5.91 Å². The van der Waals surface area contributed by atoms with Crippen LogP contribution in [0.5, 0.6) is 0 Å². The van der Waals surface area contributed by atoms with Crippen LogP contribution in [-0.2, 0) is 22.4 Å². The van der Waals surface area contributed by atoms with Gasteiger partial charge in [-0.1, -0.05) is 30.7 Å². The predicted octanol–water partition coefficient (Wildman–Crippen LogP) is 6.84. The third-order valence-electron chi connectivity index (χ3n) is 7.08. The highest BCUT2D eigenvalue weighted by Crippen LogP contribution is 2.41. The van der Waals surface area contributed by atoms with Crippen molar-refractivity contribution in [3.8, 4) is 11.1 Å². The predicted molar refractivity (Wildman–Crippen MR) is 135 cm³/mol. The molecular formula is C29H28F4N2O3. The molecule has 1 unspecified atom stereocenters. The Balaban J connectivity index is 1.58. The highest BCUT2D eigenvalue weighted by Gasteiger charge is 2.35. The van der Waals surface area contributed by atoms with E-state index in [4.69, 9.17) is 5.11 Å². The minimum absolute atomic E-state index is 0.0246. The maximum absolute atomic E-state index is 15.3. The van der Waals surface area contributed by atoms with Crippen LogP contribution < -0.4 is 5.32 Å². The first-order valence-electron chi connectivity index (χ1n) is 12.4. The minimum Gasteiger partial charge on any atom is -0.481 e. The molecule has 2 N–H and O–H groups in total. The zero-order valence-electron chi connectivity index (χ0n) is 20.8. The summed E-state index contributed by atoms with van der Waals surface area (Å²) in [7, 11) is 0. The number of aliphatic carboxylic acids is 1. The maximum Gasteiger partial charge on any atom is 0.393 e. The summed E-state index contributed by atoms with van der Waals surface area (Å²) in [5, 5.41) is 12.0. The first-order chi connectivity index (χ1) is 18.0. The number of pyridine rings is 1. The molecule has 1 saturated carbocycles. The number of alkyl halides is 3. The lowest BCUT2D eigenvalue weighted by atomic mass is 9.72. The number of amides is 1. The molecule has 5 nitrogen and oxygen atoms in total. The van der Waals surface area contributed by atoms with Crippen LogP contribution in [0.15, 0.2) is 54.9 Å². The Morgan fingerprint density at radius 1 is 1.13 bits per heavy atom.